The summed E-state index contributed by atoms with van der Waals surface area (Å²) in [5.41, 5.74) is 1.09. The average Bonchev–Trinajstić information content (AvgIpc) is 2.63. The Morgan fingerprint density at radius 1 is 1.54 bits per heavy atom. The van der Waals surface area contributed by atoms with E-state index >= 15 is 0 Å². The lowest BCUT2D eigenvalue weighted by Gasteiger charge is -1.96. The topological polar surface area (TPSA) is 67.9 Å². The van der Waals surface area contributed by atoms with Crippen LogP contribution in [0.3, 0.4) is 0 Å². The Hall–Kier alpha value is -1.91. The van der Waals surface area contributed by atoms with Crippen LogP contribution < -0.4 is 0 Å². The van der Waals surface area contributed by atoms with Crippen LogP contribution >= 0.6 is 0 Å². The standard InChI is InChI=1S/C8H7N3O2/c1-13-8(12)6-2-5-4-10-11-7(5)9-3-6/h2-4H,1H3,(H,9,10,11). The summed E-state index contributed by atoms with van der Waals surface area (Å²) in [7, 11) is 1.34. The van der Waals surface area contributed by atoms with Crippen LogP contribution in [0.5, 0.6) is 0 Å². The summed E-state index contributed by atoms with van der Waals surface area (Å²) in [5.74, 6) is -0.393. The Kier molecular flexibility index (Phi) is 1.70. The zero-order chi connectivity index (χ0) is 9.26. The Morgan fingerprint density at radius 2 is 2.38 bits per heavy atom. The summed E-state index contributed by atoms with van der Waals surface area (Å²) in [6.07, 6.45) is 3.06. The normalized spacial score (nSPS) is 10.2. The molecule has 0 atom stereocenters. The first-order chi connectivity index (χ1) is 6.31. The Balaban J connectivity index is 2.54. The third kappa shape index (κ3) is 1.24. The minimum Gasteiger partial charge on any atom is -0.465 e. The molecule has 0 aliphatic rings. The second-order valence-corrected chi connectivity index (χ2v) is 2.52. The molecular weight excluding hydrogens is 170 g/mol. The molecule has 2 heterocycles. The number of hydrogen-bond acceptors (Lipinski definition) is 4. The average molecular weight is 177 g/mol. The molecule has 0 spiro atoms. The van der Waals surface area contributed by atoms with Gasteiger partial charge in [0.25, 0.3) is 0 Å². The fourth-order valence-electron chi connectivity index (χ4n) is 1.07. The van der Waals surface area contributed by atoms with Crippen molar-refractivity contribution in [2.45, 2.75) is 0 Å². The highest BCUT2D eigenvalue weighted by molar-refractivity contribution is 5.92. The van der Waals surface area contributed by atoms with Gasteiger partial charge in [-0.2, -0.15) is 5.10 Å². The minimum atomic E-state index is -0.393. The highest BCUT2D eigenvalue weighted by Crippen LogP contribution is 2.10. The Labute approximate surface area is 73.7 Å². The fourth-order valence-corrected chi connectivity index (χ4v) is 1.07. The van der Waals surface area contributed by atoms with E-state index in [1.54, 1.807) is 12.3 Å². The van der Waals surface area contributed by atoms with E-state index in [2.05, 4.69) is 19.9 Å². The van der Waals surface area contributed by atoms with Gasteiger partial charge < -0.3 is 4.74 Å². The number of hydrogen-bond donors (Lipinski definition) is 1. The molecule has 0 bridgehead atoms. The van der Waals surface area contributed by atoms with E-state index in [0.29, 0.717) is 11.2 Å². The number of esters is 1. The molecule has 5 heteroatoms. The number of nitrogens with zero attached hydrogens (tertiary/aromatic N) is 2. The minimum absolute atomic E-state index is 0.393. The van der Waals surface area contributed by atoms with Gasteiger partial charge >= 0.3 is 5.97 Å². The highest BCUT2D eigenvalue weighted by Gasteiger charge is 2.06. The lowest BCUT2D eigenvalue weighted by Crippen LogP contribution is -2.01. The molecule has 2 rings (SSSR count). The van der Waals surface area contributed by atoms with E-state index in [-0.39, 0.29) is 0 Å². The molecule has 2 aromatic heterocycles. The molecule has 66 valence electrons. The molecule has 0 saturated heterocycles. The molecule has 0 aliphatic carbocycles. The summed E-state index contributed by atoms with van der Waals surface area (Å²) in [6, 6.07) is 1.68. The smallest absolute Gasteiger partial charge is 0.339 e. The van der Waals surface area contributed by atoms with Crippen LogP contribution in [-0.4, -0.2) is 28.3 Å². The van der Waals surface area contributed by atoms with Gasteiger partial charge in [0, 0.05) is 11.6 Å². The van der Waals surface area contributed by atoms with Crippen molar-refractivity contribution >= 4 is 17.0 Å². The maximum atomic E-state index is 11.1. The molecule has 0 fully saturated rings. The largest absolute Gasteiger partial charge is 0.465 e. The monoisotopic (exact) mass is 177 g/mol. The maximum Gasteiger partial charge on any atom is 0.339 e. The number of fused-ring (bicyclic) bond motifs is 1. The van der Waals surface area contributed by atoms with Crippen molar-refractivity contribution < 1.29 is 9.53 Å². The molecule has 2 aromatic rings. The summed E-state index contributed by atoms with van der Waals surface area (Å²) < 4.78 is 4.55. The third-order valence-corrected chi connectivity index (χ3v) is 1.71. The van der Waals surface area contributed by atoms with Crippen LogP contribution in [0.2, 0.25) is 0 Å². The van der Waals surface area contributed by atoms with Gasteiger partial charge in [-0.1, -0.05) is 0 Å². The van der Waals surface area contributed by atoms with Crippen LogP contribution in [0, 0.1) is 0 Å². The van der Waals surface area contributed by atoms with Crippen molar-refractivity contribution in [3.63, 3.8) is 0 Å². The molecule has 0 saturated carbocycles. The van der Waals surface area contributed by atoms with Crippen LogP contribution in [0.1, 0.15) is 10.4 Å². The zero-order valence-electron chi connectivity index (χ0n) is 6.94. The maximum absolute atomic E-state index is 11.1. The fraction of sp³-hybridized carbons (Fsp3) is 0.125. The van der Waals surface area contributed by atoms with Gasteiger partial charge in [0.2, 0.25) is 0 Å². The van der Waals surface area contributed by atoms with Crippen LogP contribution in [0.25, 0.3) is 11.0 Å². The van der Waals surface area contributed by atoms with Crippen LogP contribution in [0.4, 0.5) is 0 Å². The van der Waals surface area contributed by atoms with Gasteiger partial charge in [0.05, 0.1) is 18.9 Å². The number of H-pyrrole nitrogens is 1. The summed E-state index contributed by atoms with van der Waals surface area (Å²) in [6.45, 7) is 0. The van der Waals surface area contributed by atoms with Gasteiger partial charge in [-0.3, -0.25) is 5.10 Å². The van der Waals surface area contributed by atoms with Gasteiger partial charge in [-0.05, 0) is 6.07 Å². The lowest BCUT2D eigenvalue weighted by atomic mass is 10.2. The van der Waals surface area contributed by atoms with Gasteiger partial charge in [-0.25, -0.2) is 9.78 Å². The van der Waals surface area contributed by atoms with Crippen molar-refractivity contribution in [3.8, 4) is 0 Å². The van der Waals surface area contributed by atoms with Crippen LogP contribution in [0.15, 0.2) is 18.5 Å². The van der Waals surface area contributed by atoms with Crippen molar-refractivity contribution in [3.05, 3.63) is 24.0 Å². The van der Waals surface area contributed by atoms with E-state index in [1.165, 1.54) is 13.3 Å². The first-order valence-corrected chi connectivity index (χ1v) is 3.68. The number of aromatic nitrogens is 3. The summed E-state index contributed by atoms with van der Waals surface area (Å²) >= 11 is 0. The van der Waals surface area contributed by atoms with Crippen molar-refractivity contribution in [2.24, 2.45) is 0 Å². The molecule has 0 aliphatic heterocycles. The second kappa shape index (κ2) is 2.85. The number of ether oxygens (including phenoxy) is 1. The first kappa shape index (κ1) is 7.72. The van der Waals surface area contributed by atoms with Gasteiger partial charge in [-0.15, -0.1) is 0 Å². The lowest BCUT2D eigenvalue weighted by molar-refractivity contribution is 0.0600. The molecular formula is C8H7N3O2. The molecule has 0 radical (unpaired) electrons. The molecule has 0 aromatic carbocycles. The predicted octanol–water partition coefficient (Wildman–Crippen LogP) is 0.744. The highest BCUT2D eigenvalue weighted by atomic mass is 16.5. The molecule has 1 N–H and O–H groups in total. The summed E-state index contributed by atoms with van der Waals surface area (Å²) in [5, 5.41) is 7.27. The SMILES string of the molecule is COC(=O)c1cnc2[nH]ncc2c1. The second-order valence-electron chi connectivity index (χ2n) is 2.52. The Bertz CT molecular complexity index is 449. The molecule has 0 unspecified atom stereocenters. The van der Waals surface area contributed by atoms with E-state index in [4.69, 9.17) is 0 Å². The predicted molar refractivity (Wildman–Crippen MR) is 45.2 cm³/mol. The number of carbonyl (C=O) groups is 1. The molecule has 13 heavy (non-hydrogen) atoms. The van der Waals surface area contributed by atoms with Crippen LogP contribution in [-0.2, 0) is 4.74 Å². The number of aromatic amines is 1. The number of methoxy groups -OCH3 is 1. The van der Waals surface area contributed by atoms with E-state index < -0.39 is 5.97 Å². The van der Waals surface area contributed by atoms with E-state index in [9.17, 15) is 4.79 Å². The number of pyridine rings is 1. The van der Waals surface area contributed by atoms with Crippen molar-refractivity contribution in [2.75, 3.05) is 7.11 Å². The quantitative estimate of drug-likeness (QED) is 0.652. The summed E-state index contributed by atoms with van der Waals surface area (Å²) in [4.78, 5) is 15.1. The third-order valence-electron chi connectivity index (χ3n) is 1.71. The van der Waals surface area contributed by atoms with Crippen molar-refractivity contribution in [1.82, 2.24) is 15.2 Å². The number of rotatable bonds is 1. The molecule has 5 nitrogen and oxygen atoms in total. The van der Waals surface area contributed by atoms with Gasteiger partial charge in [0.15, 0.2) is 5.65 Å². The first-order valence-electron chi connectivity index (χ1n) is 3.68. The number of carbonyl (C=O) groups excluding carboxylic acids is 1. The van der Waals surface area contributed by atoms with E-state index in [1.807, 2.05) is 0 Å². The van der Waals surface area contributed by atoms with Crippen molar-refractivity contribution in [1.29, 1.82) is 0 Å². The van der Waals surface area contributed by atoms with E-state index in [0.717, 1.165) is 5.39 Å². The number of nitrogens with one attached hydrogen (secondary N) is 1. The Morgan fingerprint density at radius 3 is 3.15 bits per heavy atom. The van der Waals surface area contributed by atoms with Gasteiger partial charge in [0.1, 0.15) is 0 Å². The molecule has 0 amide bonds. The zero-order valence-corrected chi connectivity index (χ0v) is 6.94.